The third-order valence-corrected chi connectivity index (χ3v) is 7.14. The molecule has 0 aliphatic heterocycles. The van der Waals surface area contributed by atoms with Gasteiger partial charge in [0.2, 0.25) is 11.7 Å². The predicted octanol–water partition coefficient (Wildman–Crippen LogP) is 5.77. The molecule has 0 amide bonds. The number of benzene rings is 2. The highest BCUT2D eigenvalue weighted by atomic mass is 32.1. The summed E-state index contributed by atoms with van der Waals surface area (Å²) < 4.78 is 7.59. The Hall–Kier alpha value is -3.62. The van der Waals surface area contributed by atoms with Crippen molar-refractivity contribution >= 4 is 38.7 Å². The van der Waals surface area contributed by atoms with Gasteiger partial charge in [-0.05, 0) is 42.8 Å². The second-order valence-corrected chi connectivity index (χ2v) is 9.46. The van der Waals surface area contributed by atoms with Gasteiger partial charge in [-0.25, -0.2) is 4.98 Å². The van der Waals surface area contributed by atoms with Gasteiger partial charge in [0.1, 0.15) is 5.75 Å². The lowest BCUT2D eigenvalue weighted by molar-refractivity contribution is 0.104. The smallest absolute Gasteiger partial charge is 0.242 e. The highest BCUT2D eigenvalue weighted by molar-refractivity contribution is 7.20. The molecule has 32 heavy (non-hydrogen) atoms. The van der Waals surface area contributed by atoms with Crippen molar-refractivity contribution in [1.82, 2.24) is 9.55 Å². The molecule has 3 aromatic heterocycles. The Balaban J connectivity index is 1.79. The number of nitrogens with zero attached hydrogens (tertiary/aromatic N) is 2. The van der Waals surface area contributed by atoms with Crippen LogP contribution in [0.5, 0.6) is 17.4 Å². The first-order chi connectivity index (χ1) is 15.5. The van der Waals surface area contributed by atoms with E-state index in [0.717, 1.165) is 15.1 Å². The zero-order valence-electron chi connectivity index (χ0n) is 17.2. The van der Waals surface area contributed by atoms with E-state index >= 15 is 0 Å². The van der Waals surface area contributed by atoms with Gasteiger partial charge in [-0.3, -0.25) is 9.36 Å². The topological polar surface area (TPSA) is 84.6 Å². The first-order valence-corrected chi connectivity index (χ1v) is 11.4. The highest BCUT2D eigenvalue weighted by Gasteiger charge is 2.31. The van der Waals surface area contributed by atoms with E-state index in [-0.39, 0.29) is 11.3 Å². The summed E-state index contributed by atoms with van der Waals surface area (Å²) in [6, 6.07) is 18.3. The fraction of sp³-hybridized carbons (Fsp3) is 0.0833. The van der Waals surface area contributed by atoms with Crippen molar-refractivity contribution in [2.24, 2.45) is 0 Å². The van der Waals surface area contributed by atoms with E-state index in [1.54, 1.807) is 13.2 Å². The number of carbonyl (C=O) groups excluding carboxylic acids is 1. The molecule has 0 unspecified atom stereocenters. The molecule has 2 aromatic carbocycles. The molecule has 0 aliphatic rings. The summed E-state index contributed by atoms with van der Waals surface area (Å²) >= 11 is 2.67. The molecule has 8 heteroatoms. The van der Waals surface area contributed by atoms with Crippen LogP contribution in [0.2, 0.25) is 0 Å². The molecule has 6 nitrogen and oxygen atoms in total. The van der Waals surface area contributed by atoms with Crippen LogP contribution in [-0.4, -0.2) is 32.7 Å². The van der Waals surface area contributed by atoms with Crippen LogP contribution in [0, 0.1) is 6.92 Å². The number of carbonyl (C=O) groups is 1. The molecule has 0 spiro atoms. The lowest BCUT2D eigenvalue weighted by atomic mass is 10.0. The Morgan fingerprint density at radius 2 is 1.81 bits per heavy atom. The maximum absolute atomic E-state index is 13.4. The van der Waals surface area contributed by atoms with Gasteiger partial charge in [0.15, 0.2) is 10.9 Å². The summed E-state index contributed by atoms with van der Waals surface area (Å²) in [6.45, 7) is 1.91. The molecule has 0 atom stereocenters. The lowest BCUT2D eigenvalue weighted by Crippen LogP contribution is -2.03. The number of hydrogen-bond acceptors (Lipinski definition) is 7. The molecule has 160 valence electrons. The van der Waals surface area contributed by atoms with Crippen molar-refractivity contribution in [2.45, 2.75) is 6.92 Å². The standard InChI is InChI=1S/C24H18N2O4S2/c1-13-8-11-17(31-13)21(27)19-20(14-6-4-3-5-7-14)26(23(29)22(19)28)24-25-16-10-9-15(30-2)12-18(16)32-24/h3-12,28-29H,1-2H3. The van der Waals surface area contributed by atoms with Gasteiger partial charge in [-0.15, -0.1) is 11.3 Å². The van der Waals surface area contributed by atoms with E-state index in [1.165, 1.54) is 27.2 Å². The Morgan fingerprint density at radius 3 is 2.50 bits per heavy atom. The Labute approximate surface area is 191 Å². The molecule has 0 radical (unpaired) electrons. The highest BCUT2D eigenvalue weighted by Crippen LogP contribution is 2.45. The second kappa shape index (κ2) is 7.81. The summed E-state index contributed by atoms with van der Waals surface area (Å²) in [5, 5.41) is 22.3. The molecule has 0 fully saturated rings. The van der Waals surface area contributed by atoms with Crippen LogP contribution >= 0.6 is 22.7 Å². The van der Waals surface area contributed by atoms with E-state index in [1.807, 2.05) is 61.5 Å². The van der Waals surface area contributed by atoms with Crippen LogP contribution in [0.15, 0.2) is 60.7 Å². The summed E-state index contributed by atoms with van der Waals surface area (Å²) in [5.74, 6) is -0.543. The maximum atomic E-state index is 13.4. The molecule has 0 bridgehead atoms. The number of aryl methyl sites for hydroxylation is 1. The number of ketones is 1. The lowest BCUT2D eigenvalue weighted by Gasteiger charge is -2.09. The van der Waals surface area contributed by atoms with Gasteiger partial charge < -0.3 is 14.9 Å². The van der Waals surface area contributed by atoms with Crippen molar-refractivity contribution in [3.05, 3.63) is 76.0 Å². The number of ether oxygens (including phenoxy) is 1. The summed E-state index contributed by atoms with van der Waals surface area (Å²) in [5.41, 5.74) is 1.84. The Kier molecular flexibility index (Phi) is 4.96. The fourth-order valence-electron chi connectivity index (χ4n) is 3.61. The minimum Gasteiger partial charge on any atom is -0.503 e. The molecular weight excluding hydrogens is 444 g/mol. The van der Waals surface area contributed by atoms with Gasteiger partial charge in [0, 0.05) is 4.88 Å². The van der Waals surface area contributed by atoms with E-state index in [4.69, 9.17) is 4.74 Å². The van der Waals surface area contributed by atoms with Crippen molar-refractivity contribution in [3.8, 4) is 33.8 Å². The largest absolute Gasteiger partial charge is 0.503 e. The SMILES string of the molecule is COc1ccc2nc(-n3c(O)c(O)c(C(=O)c4ccc(C)s4)c3-c3ccccc3)sc2c1. The monoisotopic (exact) mass is 462 g/mol. The molecule has 5 aromatic rings. The third-order valence-electron chi connectivity index (χ3n) is 5.13. The van der Waals surface area contributed by atoms with Crippen LogP contribution in [0.3, 0.4) is 0 Å². The predicted molar refractivity (Wildman–Crippen MR) is 127 cm³/mol. The molecule has 3 heterocycles. The Morgan fingerprint density at radius 1 is 1.03 bits per heavy atom. The van der Waals surface area contributed by atoms with Crippen LogP contribution < -0.4 is 4.74 Å². The number of methoxy groups -OCH3 is 1. The minimum absolute atomic E-state index is 0.0485. The average molecular weight is 463 g/mol. The summed E-state index contributed by atoms with van der Waals surface area (Å²) in [4.78, 5) is 19.5. The van der Waals surface area contributed by atoms with Crippen molar-refractivity contribution in [1.29, 1.82) is 0 Å². The summed E-state index contributed by atoms with van der Waals surface area (Å²) in [7, 11) is 1.59. The van der Waals surface area contributed by atoms with Crippen molar-refractivity contribution in [3.63, 3.8) is 0 Å². The van der Waals surface area contributed by atoms with E-state index in [2.05, 4.69) is 4.98 Å². The number of thiophene rings is 1. The van der Waals surface area contributed by atoms with Crippen LogP contribution in [-0.2, 0) is 0 Å². The number of hydrogen-bond donors (Lipinski definition) is 2. The van der Waals surface area contributed by atoms with Crippen LogP contribution in [0.1, 0.15) is 20.1 Å². The van der Waals surface area contributed by atoms with Crippen LogP contribution in [0.25, 0.3) is 26.6 Å². The van der Waals surface area contributed by atoms with E-state index in [0.29, 0.717) is 27.0 Å². The molecular formula is C24H18N2O4S2. The Bertz CT molecular complexity index is 1460. The van der Waals surface area contributed by atoms with Crippen molar-refractivity contribution < 1.29 is 19.7 Å². The quantitative estimate of drug-likeness (QED) is 0.324. The zero-order chi connectivity index (χ0) is 22.4. The van der Waals surface area contributed by atoms with E-state index < -0.39 is 11.6 Å². The number of fused-ring (bicyclic) bond motifs is 1. The van der Waals surface area contributed by atoms with Crippen molar-refractivity contribution in [2.75, 3.05) is 7.11 Å². The minimum atomic E-state index is -0.461. The van der Waals surface area contributed by atoms with Gasteiger partial charge in [-0.1, -0.05) is 41.7 Å². The molecule has 2 N–H and O–H groups in total. The normalized spacial score (nSPS) is 11.2. The van der Waals surface area contributed by atoms with E-state index in [9.17, 15) is 15.0 Å². The number of rotatable bonds is 5. The molecule has 0 saturated carbocycles. The number of aromatic nitrogens is 2. The van der Waals surface area contributed by atoms with Gasteiger partial charge in [-0.2, -0.15) is 0 Å². The van der Waals surface area contributed by atoms with Gasteiger partial charge >= 0.3 is 0 Å². The molecule has 0 aliphatic carbocycles. The van der Waals surface area contributed by atoms with Gasteiger partial charge in [0.25, 0.3) is 0 Å². The molecule has 0 saturated heterocycles. The third kappa shape index (κ3) is 3.24. The average Bonchev–Trinajstić information content (AvgIpc) is 3.49. The number of thiazole rings is 1. The first kappa shape index (κ1) is 20.3. The zero-order valence-corrected chi connectivity index (χ0v) is 18.8. The fourth-order valence-corrected chi connectivity index (χ4v) is 5.43. The first-order valence-electron chi connectivity index (χ1n) is 9.76. The number of aromatic hydroxyl groups is 2. The molecule has 5 rings (SSSR count). The maximum Gasteiger partial charge on any atom is 0.242 e. The summed E-state index contributed by atoms with van der Waals surface area (Å²) in [6.07, 6.45) is 0. The second-order valence-electron chi connectivity index (χ2n) is 7.17. The van der Waals surface area contributed by atoms with Crippen LogP contribution in [0.4, 0.5) is 0 Å². The van der Waals surface area contributed by atoms with Gasteiger partial charge in [0.05, 0.1) is 33.5 Å².